The summed E-state index contributed by atoms with van der Waals surface area (Å²) in [5, 5.41) is 0. The zero-order valence-electron chi connectivity index (χ0n) is 12.8. The third-order valence-corrected chi connectivity index (χ3v) is 6.05. The van der Waals surface area contributed by atoms with Gasteiger partial charge in [-0.2, -0.15) is 0 Å². The fourth-order valence-corrected chi connectivity index (χ4v) is 5.00. The van der Waals surface area contributed by atoms with Crippen molar-refractivity contribution < 1.29 is 8.37 Å². The van der Waals surface area contributed by atoms with Gasteiger partial charge < -0.3 is 8.37 Å². The second-order valence-electron chi connectivity index (χ2n) is 5.64. The van der Waals surface area contributed by atoms with E-state index in [9.17, 15) is 0 Å². The van der Waals surface area contributed by atoms with E-state index in [1.807, 2.05) is 12.1 Å². The second-order valence-corrected chi connectivity index (χ2v) is 9.30. The first-order valence-electron chi connectivity index (χ1n) is 7.04. The van der Waals surface area contributed by atoms with Crippen LogP contribution in [0.1, 0.15) is 38.2 Å². The average molecular weight is 639 g/mol. The highest BCUT2D eigenvalue weighted by molar-refractivity contribution is 14.2. The van der Waals surface area contributed by atoms with Gasteiger partial charge in [-0.3, -0.25) is 0 Å². The van der Waals surface area contributed by atoms with Crippen molar-refractivity contribution in [2.75, 3.05) is 0 Å². The third kappa shape index (κ3) is 5.21. The quantitative estimate of drug-likeness (QED) is 0.178. The van der Waals surface area contributed by atoms with Gasteiger partial charge in [0.15, 0.2) is 0 Å². The lowest BCUT2D eigenvalue weighted by Gasteiger charge is -2.32. The first-order chi connectivity index (χ1) is 11.0. The Morgan fingerprint density at radius 2 is 1.83 bits per heavy atom. The van der Waals surface area contributed by atoms with Gasteiger partial charge in [0.2, 0.25) is 0 Å². The fraction of sp³-hybridized carbons (Fsp3) is 0.375. The number of allylic oxidation sites excluding steroid dienone is 3. The molecule has 1 aromatic carbocycles. The molecule has 0 fully saturated rings. The Bertz CT molecular complexity index is 595. The molecule has 0 radical (unpaired) electrons. The van der Waals surface area contributed by atoms with E-state index in [2.05, 4.69) is 84.8 Å². The predicted octanol–water partition coefficient (Wildman–Crippen LogP) is 8.22. The van der Waals surface area contributed by atoms with Gasteiger partial charge in [-0.15, -0.1) is 0 Å². The minimum Gasteiger partial charge on any atom is -0.415 e. The second kappa shape index (κ2) is 9.59. The topological polar surface area (TPSA) is 18.5 Å². The van der Waals surface area contributed by atoms with Crippen molar-refractivity contribution in [3.8, 4) is 11.5 Å². The van der Waals surface area contributed by atoms with Gasteiger partial charge in [0.05, 0.1) is 0 Å². The summed E-state index contributed by atoms with van der Waals surface area (Å²) in [5.74, 6) is 2.33. The molecule has 2 nitrogen and oxygen atoms in total. The number of benzene rings is 1. The first kappa shape index (κ1) is 20.3. The molecule has 23 heavy (non-hydrogen) atoms. The summed E-state index contributed by atoms with van der Waals surface area (Å²) in [6.45, 7) is 8.53. The fourth-order valence-electron chi connectivity index (χ4n) is 3.01. The lowest BCUT2D eigenvalue weighted by molar-refractivity contribution is 0.465. The normalized spacial score (nSPS) is 20.8. The Morgan fingerprint density at radius 3 is 2.30 bits per heavy atom. The van der Waals surface area contributed by atoms with E-state index in [4.69, 9.17) is 8.37 Å². The van der Waals surface area contributed by atoms with E-state index in [0.717, 1.165) is 34.4 Å². The summed E-state index contributed by atoms with van der Waals surface area (Å²) >= 11 is 7.84. The molecular formula is C16H17BrI2O2S2. The Kier molecular flexibility index (Phi) is 8.44. The van der Waals surface area contributed by atoms with Crippen molar-refractivity contribution in [3.63, 3.8) is 0 Å². The molecule has 0 heterocycles. The number of halogens is 3. The Labute approximate surface area is 179 Å². The molecule has 1 aliphatic carbocycles. The Balaban J connectivity index is 2.61. The van der Waals surface area contributed by atoms with Crippen LogP contribution in [0.15, 0.2) is 40.4 Å². The molecule has 0 aromatic heterocycles. The maximum atomic E-state index is 5.84. The van der Waals surface area contributed by atoms with E-state index in [1.165, 1.54) is 29.6 Å². The molecular weight excluding hydrogens is 622 g/mol. The van der Waals surface area contributed by atoms with E-state index in [1.54, 1.807) is 0 Å². The van der Waals surface area contributed by atoms with E-state index in [-0.39, 0.29) is 5.92 Å². The van der Waals surface area contributed by atoms with Crippen molar-refractivity contribution in [2.24, 2.45) is 5.92 Å². The lowest BCUT2D eigenvalue weighted by atomic mass is 9.74. The van der Waals surface area contributed by atoms with Crippen molar-refractivity contribution in [2.45, 2.75) is 32.6 Å². The molecule has 1 aromatic rings. The van der Waals surface area contributed by atoms with E-state index < -0.39 is 0 Å². The number of hydrogen-bond acceptors (Lipinski definition) is 4. The molecule has 7 heteroatoms. The first-order valence-corrected chi connectivity index (χ1v) is 14.4. The largest absolute Gasteiger partial charge is 0.415 e. The van der Waals surface area contributed by atoms with Crippen LogP contribution >= 0.6 is 76.8 Å². The molecule has 0 aliphatic heterocycles. The molecule has 0 amide bonds. The molecule has 0 saturated carbocycles. The van der Waals surface area contributed by atoms with Crippen LogP contribution in [-0.4, -0.2) is 0 Å². The van der Waals surface area contributed by atoms with Crippen LogP contribution in [0.2, 0.25) is 0 Å². The highest BCUT2D eigenvalue weighted by atomic mass is 127. The molecule has 0 bridgehead atoms. The van der Waals surface area contributed by atoms with E-state index in [0.29, 0.717) is 5.92 Å². The summed E-state index contributed by atoms with van der Waals surface area (Å²) in [5.41, 5.74) is 3.73. The summed E-state index contributed by atoms with van der Waals surface area (Å²) < 4.78 is 12.6. The summed E-state index contributed by atoms with van der Waals surface area (Å²) in [4.78, 5) is 0. The predicted molar refractivity (Wildman–Crippen MR) is 123 cm³/mol. The average Bonchev–Trinajstić information content (AvgIpc) is 2.47. The van der Waals surface area contributed by atoms with Crippen LogP contribution in [0.25, 0.3) is 0 Å². The smallest absolute Gasteiger partial charge is 0.147 e. The van der Waals surface area contributed by atoms with E-state index >= 15 is 0 Å². The van der Waals surface area contributed by atoms with Crippen molar-refractivity contribution >= 4 is 76.8 Å². The SMILES string of the molecule is C=C(C)C1CCC(C)=CC1c1c(OSI)cc(Br)cc1OSI. The highest BCUT2D eigenvalue weighted by Gasteiger charge is 2.31. The van der Waals surface area contributed by atoms with Crippen LogP contribution in [0.5, 0.6) is 11.5 Å². The zero-order valence-corrected chi connectivity index (χ0v) is 20.3. The van der Waals surface area contributed by atoms with Crippen LogP contribution in [0, 0.1) is 5.92 Å². The van der Waals surface area contributed by atoms with Gasteiger partial charge in [-0.05, 0) is 44.7 Å². The van der Waals surface area contributed by atoms with Gasteiger partial charge in [0.1, 0.15) is 29.9 Å². The molecule has 0 saturated heterocycles. The summed E-state index contributed by atoms with van der Waals surface area (Å²) in [6.07, 6.45) is 4.59. The maximum Gasteiger partial charge on any atom is 0.147 e. The third-order valence-electron chi connectivity index (χ3n) is 4.02. The Hall–Kier alpha value is 0.940. The van der Waals surface area contributed by atoms with Gasteiger partial charge in [-0.25, -0.2) is 0 Å². The van der Waals surface area contributed by atoms with Crippen LogP contribution in [-0.2, 0) is 0 Å². The summed E-state index contributed by atoms with van der Waals surface area (Å²) in [7, 11) is 2.64. The Morgan fingerprint density at radius 1 is 1.26 bits per heavy atom. The van der Waals surface area contributed by atoms with Gasteiger partial charge in [0.25, 0.3) is 0 Å². The summed E-state index contributed by atoms with van der Waals surface area (Å²) in [6, 6.07) is 4.03. The van der Waals surface area contributed by atoms with Crippen LogP contribution < -0.4 is 8.37 Å². The van der Waals surface area contributed by atoms with Crippen LogP contribution in [0.3, 0.4) is 0 Å². The van der Waals surface area contributed by atoms with Crippen molar-refractivity contribution in [3.05, 3.63) is 46.0 Å². The van der Waals surface area contributed by atoms with Gasteiger partial charge >= 0.3 is 0 Å². The molecule has 2 atom stereocenters. The maximum absolute atomic E-state index is 5.84. The minimum atomic E-state index is 0.228. The lowest BCUT2D eigenvalue weighted by Crippen LogP contribution is -2.18. The van der Waals surface area contributed by atoms with Crippen molar-refractivity contribution in [1.82, 2.24) is 0 Å². The minimum absolute atomic E-state index is 0.228. The number of rotatable bonds is 6. The molecule has 2 unspecified atom stereocenters. The molecule has 1 aliphatic rings. The van der Waals surface area contributed by atoms with Crippen LogP contribution in [0.4, 0.5) is 0 Å². The molecule has 0 N–H and O–H groups in total. The van der Waals surface area contributed by atoms with Crippen molar-refractivity contribution in [1.29, 1.82) is 0 Å². The molecule has 0 spiro atoms. The van der Waals surface area contributed by atoms with Gasteiger partial charge in [0, 0.05) is 58.4 Å². The zero-order chi connectivity index (χ0) is 17.0. The number of hydrogen-bond donors (Lipinski definition) is 0. The standard InChI is InChI=1S/C16H17BrI2O2S2/c1-9(2)12-5-4-10(3)6-13(12)16-14(20-22-18)7-11(17)8-15(16)21-23-19/h6-8,12-13H,1,4-5H2,2-3H3. The molecule has 2 rings (SSSR count). The molecule has 126 valence electrons. The highest BCUT2D eigenvalue weighted by Crippen LogP contribution is 2.49. The van der Waals surface area contributed by atoms with Gasteiger partial charge in [-0.1, -0.05) is 39.7 Å². The monoisotopic (exact) mass is 638 g/mol.